The Morgan fingerprint density at radius 3 is 2.60 bits per heavy atom. The summed E-state index contributed by atoms with van der Waals surface area (Å²) in [6.07, 6.45) is 1.65. The van der Waals surface area contributed by atoms with Gasteiger partial charge < -0.3 is 9.26 Å². The SMILES string of the molecule is O=c1c2ccccc2n(Cc2nc(-c3ccccc3)no2)c(=O)n1C[C@H]1CCCO1. The van der Waals surface area contributed by atoms with Crippen LogP contribution in [0.25, 0.3) is 22.3 Å². The lowest BCUT2D eigenvalue weighted by Gasteiger charge is -2.15. The van der Waals surface area contributed by atoms with E-state index in [-0.39, 0.29) is 24.8 Å². The minimum Gasteiger partial charge on any atom is -0.376 e. The second-order valence-corrected chi connectivity index (χ2v) is 7.31. The van der Waals surface area contributed by atoms with E-state index in [1.807, 2.05) is 30.3 Å². The van der Waals surface area contributed by atoms with Crippen LogP contribution in [-0.2, 0) is 17.8 Å². The van der Waals surface area contributed by atoms with E-state index in [4.69, 9.17) is 9.26 Å². The number of ether oxygens (including phenoxy) is 1. The van der Waals surface area contributed by atoms with Crippen LogP contribution in [0.5, 0.6) is 0 Å². The number of para-hydroxylation sites is 1. The van der Waals surface area contributed by atoms with Crippen molar-refractivity contribution >= 4 is 10.9 Å². The molecule has 8 heteroatoms. The summed E-state index contributed by atoms with van der Waals surface area (Å²) in [6.45, 7) is 0.970. The first-order valence-electron chi connectivity index (χ1n) is 9.93. The van der Waals surface area contributed by atoms with Crippen LogP contribution in [-0.4, -0.2) is 32.0 Å². The predicted molar refractivity (Wildman–Crippen MR) is 110 cm³/mol. The zero-order valence-electron chi connectivity index (χ0n) is 16.2. The molecule has 152 valence electrons. The molecular formula is C22H20N4O4. The molecule has 8 nitrogen and oxygen atoms in total. The zero-order valence-corrected chi connectivity index (χ0v) is 16.2. The molecule has 0 bridgehead atoms. The molecular weight excluding hydrogens is 384 g/mol. The van der Waals surface area contributed by atoms with Gasteiger partial charge >= 0.3 is 5.69 Å². The van der Waals surface area contributed by atoms with Crippen molar-refractivity contribution < 1.29 is 9.26 Å². The zero-order chi connectivity index (χ0) is 20.5. The minimum atomic E-state index is -0.409. The second-order valence-electron chi connectivity index (χ2n) is 7.31. The second kappa shape index (κ2) is 7.72. The monoisotopic (exact) mass is 404 g/mol. The van der Waals surface area contributed by atoms with Crippen LogP contribution in [0.1, 0.15) is 18.7 Å². The number of aromatic nitrogens is 4. The third-order valence-corrected chi connectivity index (χ3v) is 5.34. The summed E-state index contributed by atoms with van der Waals surface area (Å²) in [5, 5.41) is 4.50. The highest BCUT2D eigenvalue weighted by Gasteiger charge is 2.21. The molecule has 0 amide bonds. The molecule has 0 unspecified atom stereocenters. The van der Waals surface area contributed by atoms with Crippen molar-refractivity contribution in [2.24, 2.45) is 0 Å². The maximum Gasteiger partial charge on any atom is 0.332 e. The average molecular weight is 404 g/mol. The Bertz CT molecular complexity index is 1300. The van der Waals surface area contributed by atoms with Crippen molar-refractivity contribution in [1.29, 1.82) is 0 Å². The lowest BCUT2D eigenvalue weighted by atomic mass is 10.2. The van der Waals surface area contributed by atoms with Crippen LogP contribution in [0.3, 0.4) is 0 Å². The lowest BCUT2D eigenvalue weighted by Crippen LogP contribution is -2.42. The average Bonchev–Trinajstić information content (AvgIpc) is 3.47. The first kappa shape index (κ1) is 18.5. The fourth-order valence-corrected chi connectivity index (χ4v) is 3.84. The fourth-order valence-electron chi connectivity index (χ4n) is 3.84. The molecule has 5 rings (SSSR count). The molecule has 0 radical (unpaired) electrons. The van der Waals surface area contributed by atoms with Crippen molar-refractivity contribution in [2.75, 3.05) is 6.61 Å². The molecule has 1 atom stereocenters. The van der Waals surface area contributed by atoms with Crippen LogP contribution in [0.4, 0.5) is 0 Å². The molecule has 1 saturated heterocycles. The van der Waals surface area contributed by atoms with Gasteiger partial charge in [-0.3, -0.25) is 13.9 Å². The first-order chi connectivity index (χ1) is 14.7. The summed E-state index contributed by atoms with van der Waals surface area (Å²) in [5.74, 6) is 0.749. The number of rotatable bonds is 5. The van der Waals surface area contributed by atoms with Gasteiger partial charge in [0, 0.05) is 12.2 Å². The molecule has 4 aromatic rings. The highest BCUT2D eigenvalue weighted by molar-refractivity contribution is 5.77. The lowest BCUT2D eigenvalue weighted by molar-refractivity contribution is 0.0948. The normalized spacial score (nSPS) is 16.3. The van der Waals surface area contributed by atoms with Gasteiger partial charge in [0.2, 0.25) is 11.7 Å². The van der Waals surface area contributed by atoms with Gasteiger partial charge in [-0.1, -0.05) is 47.6 Å². The highest BCUT2D eigenvalue weighted by atomic mass is 16.5. The van der Waals surface area contributed by atoms with E-state index in [9.17, 15) is 9.59 Å². The predicted octanol–water partition coefficient (Wildman–Crippen LogP) is 2.44. The Hall–Kier alpha value is -3.52. The third kappa shape index (κ3) is 3.35. The van der Waals surface area contributed by atoms with E-state index in [2.05, 4.69) is 10.1 Å². The Balaban J connectivity index is 1.57. The van der Waals surface area contributed by atoms with Crippen molar-refractivity contribution in [2.45, 2.75) is 32.0 Å². The highest BCUT2D eigenvalue weighted by Crippen LogP contribution is 2.17. The molecule has 0 aliphatic carbocycles. The molecule has 2 aromatic carbocycles. The largest absolute Gasteiger partial charge is 0.376 e. The van der Waals surface area contributed by atoms with Crippen LogP contribution >= 0.6 is 0 Å². The van der Waals surface area contributed by atoms with E-state index in [1.54, 1.807) is 24.3 Å². The number of benzene rings is 2. The van der Waals surface area contributed by atoms with E-state index in [0.29, 0.717) is 29.2 Å². The van der Waals surface area contributed by atoms with E-state index < -0.39 is 5.69 Å². The Labute approximate surface area is 171 Å². The quantitative estimate of drug-likeness (QED) is 0.507. The van der Waals surface area contributed by atoms with Gasteiger partial charge in [-0.05, 0) is 25.0 Å². The maximum atomic E-state index is 13.3. The summed E-state index contributed by atoms with van der Waals surface area (Å²) in [5.41, 5.74) is 0.648. The van der Waals surface area contributed by atoms with Gasteiger partial charge in [-0.15, -0.1) is 0 Å². The van der Waals surface area contributed by atoms with Crippen molar-refractivity contribution in [3.05, 3.63) is 81.3 Å². The van der Waals surface area contributed by atoms with Gasteiger partial charge in [0.05, 0.1) is 23.6 Å². The van der Waals surface area contributed by atoms with Crippen LogP contribution in [0, 0.1) is 0 Å². The molecule has 0 N–H and O–H groups in total. The van der Waals surface area contributed by atoms with Crippen LogP contribution in [0.2, 0.25) is 0 Å². The summed E-state index contributed by atoms with van der Waals surface area (Å²) < 4.78 is 13.8. The van der Waals surface area contributed by atoms with Crippen molar-refractivity contribution in [3.8, 4) is 11.4 Å². The number of hydrogen-bond acceptors (Lipinski definition) is 6. The van der Waals surface area contributed by atoms with Gasteiger partial charge in [0.1, 0.15) is 6.54 Å². The molecule has 1 aliphatic heterocycles. The molecule has 0 saturated carbocycles. The summed E-state index contributed by atoms with van der Waals surface area (Å²) in [4.78, 5) is 30.7. The minimum absolute atomic E-state index is 0.0744. The van der Waals surface area contributed by atoms with Crippen molar-refractivity contribution in [3.63, 3.8) is 0 Å². The summed E-state index contributed by atoms with van der Waals surface area (Å²) in [7, 11) is 0. The third-order valence-electron chi connectivity index (χ3n) is 5.34. The number of hydrogen-bond donors (Lipinski definition) is 0. The first-order valence-corrected chi connectivity index (χ1v) is 9.93. The summed E-state index contributed by atoms with van der Waals surface area (Å²) >= 11 is 0. The smallest absolute Gasteiger partial charge is 0.332 e. The fraction of sp³-hybridized carbons (Fsp3) is 0.273. The van der Waals surface area contributed by atoms with Gasteiger partial charge in [-0.25, -0.2) is 4.79 Å². The Kier molecular flexibility index (Phi) is 4.76. The van der Waals surface area contributed by atoms with Gasteiger partial charge in [0.25, 0.3) is 5.56 Å². The molecule has 1 fully saturated rings. The van der Waals surface area contributed by atoms with E-state index >= 15 is 0 Å². The molecule has 30 heavy (non-hydrogen) atoms. The van der Waals surface area contributed by atoms with E-state index in [0.717, 1.165) is 18.4 Å². The van der Waals surface area contributed by atoms with Gasteiger partial charge in [-0.2, -0.15) is 4.98 Å². The van der Waals surface area contributed by atoms with Gasteiger partial charge in [0.15, 0.2) is 0 Å². The maximum absolute atomic E-state index is 13.3. The van der Waals surface area contributed by atoms with Crippen molar-refractivity contribution in [1.82, 2.24) is 19.3 Å². The van der Waals surface area contributed by atoms with Crippen LogP contribution < -0.4 is 11.2 Å². The number of nitrogens with zero attached hydrogens (tertiary/aromatic N) is 4. The topological polar surface area (TPSA) is 92.2 Å². The van der Waals surface area contributed by atoms with Crippen LogP contribution in [0.15, 0.2) is 68.7 Å². The molecule has 2 aromatic heterocycles. The molecule has 3 heterocycles. The Morgan fingerprint density at radius 1 is 1.00 bits per heavy atom. The molecule has 0 spiro atoms. The molecule has 1 aliphatic rings. The Morgan fingerprint density at radius 2 is 1.80 bits per heavy atom. The standard InChI is InChI=1S/C22H20N4O4/c27-21-17-10-4-5-11-18(17)25(22(28)26(21)13-16-9-6-12-29-16)14-19-23-20(24-30-19)15-7-2-1-3-8-15/h1-5,7-8,10-11,16H,6,9,12-14H2/t16-/m1/s1. The summed E-state index contributed by atoms with van der Waals surface area (Å²) in [6, 6.07) is 16.5. The number of fused-ring (bicyclic) bond motifs is 1. The van der Waals surface area contributed by atoms with E-state index in [1.165, 1.54) is 9.13 Å².